The van der Waals surface area contributed by atoms with Crippen LogP contribution in [0.3, 0.4) is 0 Å². The second-order valence-corrected chi connectivity index (χ2v) is 3.30. The highest BCUT2D eigenvalue weighted by atomic mass is 15.3. The molecule has 0 aliphatic carbocycles. The van der Waals surface area contributed by atoms with Crippen LogP contribution in [0.5, 0.6) is 0 Å². The summed E-state index contributed by atoms with van der Waals surface area (Å²) in [6, 6.07) is 6.21. The van der Waals surface area contributed by atoms with Gasteiger partial charge in [0.05, 0.1) is 0 Å². The number of nitrogens with one attached hydrogen (secondary N) is 2. The SMILES string of the molecule is CCc1cccc(C)c1NC(=NC)NN. The Morgan fingerprint density at radius 3 is 2.73 bits per heavy atom. The Morgan fingerprint density at radius 2 is 2.20 bits per heavy atom. The molecule has 0 bridgehead atoms. The number of rotatable bonds is 2. The van der Waals surface area contributed by atoms with Crippen LogP contribution in [-0.2, 0) is 6.42 Å². The molecule has 4 N–H and O–H groups in total. The maximum absolute atomic E-state index is 5.33. The number of hydrazine groups is 1. The fraction of sp³-hybridized carbons (Fsp3) is 0.364. The van der Waals surface area contributed by atoms with Gasteiger partial charge < -0.3 is 5.32 Å². The minimum Gasteiger partial charge on any atom is -0.325 e. The monoisotopic (exact) mass is 206 g/mol. The zero-order valence-corrected chi connectivity index (χ0v) is 9.46. The topological polar surface area (TPSA) is 62.4 Å². The molecule has 1 aromatic carbocycles. The first kappa shape index (κ1) is 11.5. The first-order valence-corrected chi connectivity index (χ1v) is 5.01. The van der Waals surface area contributed by atoms with E-state index < -0.39 is 0 Å². The Kier molecular flexibility index (Phi) is 4.12. The molecule has 0 unspecified atom stereocenters. The fourth-order valence-corrected chi connectivity index (χ4v) is 1.48. The van der Waals surface area contributed by atoms with Crippen LogP contribution in [-0.4, -0.2) is 13.0 Å². The predicted octanol–water partition coefficient (Wildman–Crippen LogP) is 1.42. The van der Waals surface area contributed by atoms with Crippen molar-refractivity contribution in [3.05, 3.63) is 29.3 Å². The molecule has 82 valence electrons. The lowest BCUT2D eigenvalue weighted by Gasteiger charge is -2.14. The van der Waals surface area contributed by atoms with Crippen LogP contribution >= 0.6 is 0 Å². The highest BCUT2D eigenvalue weighted by Crippen LogP contribution is 2.20. The summed E-state index contributed by atoms with van der Waals surface area (Å²) in [5.41, 5.74) is 6.04. The average Bonchev–Trinajstić information content (AvgIpc) is 2.27. The van der Waals surface area contributed by atoms with Crippen molar-refractivity contribution in [2.75, 3.05) is 12.4 Å². The van der Waals surface area contributed by atoms with Gasteiger partial charge in [0.15, 0.2) is 0 Å². The zero-order chi connectivity index (χ0) is 11.3. The van der Waals surface area contributed by atoms with Gasteiger partial charge >= 0.3 is 0 Å². The Labute approximate surface area is 90.6 Å². The lowest BCUT2D eigenvalue weighted by Crippen LogP contribution is -2.36. The quantitative estimate of drug-likeness (QED) is 0.297. The van der Waals surface area contributed by atoms with Gasteiger partial charge in [-0.1, -0.05) is 25.1 Å². The molecule has 1 aromatic rings. The number of hydrogen-bond donors (Lipinski definition) is 3. The van der Waals surface area contributed by atoms with E-state index in [0.29, 0.717) is 5.96 Å². The maximum atomic E-state index is 5.33. The summed E-state index contributed by atoms with van der Waals surface area (Å²) in [4.78, 5) is 3.99. The molecule has 0 saturated carbocycles. The van der Waals surface area contributed by atoms with Crippen LogP contribution in [0.1, 0.15) is 18.1 Å². The Morgan fingerprint density at radius 1 is 1.47 bits per heavy atom. The summed E-state index contributed by atoms with van der Waals surface area (Å²) in [5, 5.41) is 3.18. The summed E-state index contributed by atoms with van der Waals surface area (Å²) in [7, 11) is 1.69. The van der Waals surface area contributed by atoms with Crippen LogP contribution in [0.4, 0.5) is 5.69 Å². The van der Waals surface area contributed by atoms with E-state index in [0.717, 1.165) is 12.1 Å². The molecule has 0 aromatic heterocycles. The maximum Gasteiger partial charge on any atom is 0.209 e. The molecule has 0 amide bonds. The van der Waals surface area contributed by atoms with Crippen molar-refractivity contribution in [2.45, 2.75) is 20.3 Å². The third-order valence-electron chi connectivity index (χ3n) is 2.34. The summed E-state index contributed by atoms with van der Waals surface area (Å²) in [6.07, 6.45) is 0.978. The number of anilines is 1. The van der Waals surface area contributed by atoms with Crippen molar-refractivity contribution >= 4 is 11.6 Å². The summed E-state index contributed by atoms with van der Waals surface area (Å²) in [6.45, 7) is 4.18. The van der Waals surface area contributed by atoms with Crippen LogP contribution in [0.15, 0.2) is 23.2 Å². The standard InChI is InChI=1S/C11H18N4/c1-4-9-7-5-6-8(2)10(9)14-11(13-3)15-12/h5-7H,4,12H2,1-3H3,(H2,13,14,15). The molecule has 4 nitrogen and oxygen atoms in total. The van der Waals surface area contributed by atoms with Crippen molar-refractivity contribution in [2.24, 2.45) is 10.8 Å². The first-order chi connectivity index (χ1) is 7.22. The molecule has 0 aliphatic rings. The van der Waals surface area contributed by atoms with Crippen molar-refractivity contribution < 1.29 is 0 Å². The largest absolute Gasteiger partial charge is 0.325 e. The van der Waals surface area contributed by atoms with Crippen molar-refractivity contribution in [1.29, 1.82) is 0 Å². The van der Waals surface area contributed by atoms with Gasteiger partial charge in [-0.3, -0.25) is 10.4 Å². The van der Waals surface area contributed by atoms with Crippen LogP contribution in [0.2, 0.25) is 0 Å². The number of para-hydroxylation sites is 1. The number of benzene rings is 1. The summed E-state index contributed by atoms with van der Waals surface area (Å²) in [5.74, 6) is 5.90. The van der Waals surface area contributed by atoms with Gasteiger partial charge in [-0.2, -0.15) is 0 Å². The van der Waals surface area contributed by atoms with Gasteiger partial charge in [-0.25, -0.2) is 5.84 Å². The third kappa shape index (κ3) is 2.70. The van der Waals surface area contributed by atoms with Crippen LogP contribution in [0, 0.1) is 6.92 Å². The van der Waals surface area contributed by atoms with Gasteiger partial charge in [0.2, 0.25) is 5.96 Å². The minimum atomic E-state index is 0.569. The number of aryl methyl sites for hydroxylation is 2. The van der Waals surface area contributed by atoms with E-state index in [1.54, 1.807) is 7.05 Å². The Balaban J connectivity index is 3.02. The lowest BCUT2D eigenvalue weighted by molar-refractivity contribution is 1.01. The molecule has 0 heterocycles. The Hall–Kier alpha value is -1.55. The number of guanidine groups is 1. The highest BCUT2D eigenvalue weighted by molar-refractivity contribution is 5.94. The minimum absolute atomic E-state index is 0.569. The van der Waals surface area contributed by atoms with Gasteiger partial charge in [-0.05, 0) is 24.5 Å². The molecule has 0 aliphatic heterocycles. The molecule has 4 heteroatoms. The lowest BCUT2D eigenvalue weighted by atomic mass is 10.1. The average molecular weight is 206 g/mol. The van der Waals surface area contributed by atoms with E-state index in [-0.39, 0.29) is 0 Å². The molecular formula is C11H18N4. The molecule has 0 saturated heterocycles. The second-order valence-electron chi connectivity index (χ2n) is 3.30. The first-order valence-electron chi connectivity index (χ1n) is 5.01. The predicted molar refractivity (Wildman–Crippen MR) is 64.9 cm³/mol. The second kappa shape index (κ2) is 5.36. The molecule has 0 fully saturated rings. The van der Waals surface area contributed by atoms with Gasteiger partial charge in [0.1, 0.15) is 0 Å². The molecule has 15 heavy (non-hydrogen) atoms. The van der Waals surface area contributed by atoms with Gasteiger partial charge in [0, 0.05) is 12.7 Å². The van der Waals surface area contributed by atoms with E-state index in [2.05, 4.69) is 47.8 Å². The highest BCUT2D eigenvalue weighted by Gasteiger charge is 2.05. The zero-order valence-electron chi connectivity index (χ0n) is 9.46. The van der Waals surface area contributed by atoms with E-state index in [1.165, 1.54) is 11.1 Å². The van der Waals surface area contributed by atoms with Gasteiger partial charge in [-0.15, -0.1) is 0 Å². The summed E-state index contributed by atoms with van der Waals surface area (Å²) >= 11 is 0. The van der Waals surface area contributed by atoms with Crippen LogP contribution in [0.25, 0.3) is 0 Å². The summed E-state index contributed by atoms with van der Waals surface area (Å²) < 4.78 is 0. The molecule has 0 atom stereocenters. The molecular weight excluding hydrogens is 188 g/mol. The third-order valence-corrected chi connectivity index (χ3v) is 2.34. The molecule has 0 spiro atoms. The smallest absolute Gasteiger partial charge is 0.209 e. The molecule has 1 rings (SSSR count). The number of nitrogens with two attached hydrogens (primary N) is 1. The van der Waals surface area contributed by atoms with Crippen molar-refractivity contribution in [3.63, 3.8) is 0 Å². The van der Waals surface area contributed by atoms with Crippen molar-refractivity contribution in [1.82, 2.24) is 5.43 Å². The van der Waals surface area contributed by atoms with Gasteiger partial charge in [0.25, 0.3) is 0 Å². The van der Waals surface area contributed by atoms with Crippen molar-refractivity contribution in [3.8, 4) is 0 Å². The normalized spacial score (nSPS) is 11.3. The number of nitrogens with zero attached hydrogens (tertiary/aromatic N) is 1. The van der Waals surface area contributed by atoms with E-state index in [1.807, 2.05) is 0 Å². The van der Waals surface area contributed by atoms with E-state index >= 15 is 0 Å². The Bertz CT molecular complexity index is 358. The fourth-order valence-electron chi connectivity index (χ4n) is 1.48. The molecule has 0 radical (unpaired) electrons. The number of aliphatic imine (C=N–C) groups is 1. The van der Waals surface area contributed by atoms with Crippen LogP contribution < -0.4 is 16.6 Å². The van der Waals surface area contributed by atoms with E-state index in [4.69, 9.17) is 5.84 Å². The number of hydrogen-bond acceptors (Lipinski definition) is 2. The van der Waals surface area contributed by atoms with E-state index in [9.17, 15) is 0 Å².